The molecule has 6 heteroatoms. The first-order valence-electron chi connectivity index (χ1n) is 5.88. The molecule has 0 spiro atoms. The normalized spacial score (nSPS) is 18.6. The van der Waals surface area contributed by atoms with Crippen molar-refractivity contribution in [2.45, 2.75) is 33.1 Å². The number of halogens is 1. The van der Waals surface area contributed by atoms with Gasteiger partial charge in [0.2, 0.25) is 9.47 Å². The van der Waals surface area contributed by atoms with E-state index in [0.717, 1.165) is 43.7 Å². The molecule has 0 unspecified atom stereocenters. The van der Waals surface area contributed by atoms with Gasteiger partial charge in [-0.25, -0.2) is 0 Å². The molecule has 1 aliphatic rings. The minimum Gasteiger partial charge on any atom is -0.336 e. The highest BCUT2D eigenvalue weighted by Crippen LogP contribution is 2.37. The Hall–Kier alpha value is -0.680. The molecule has 0 N–H and O–H groups in total. The lowest BCUT2D eigenvalue weighted by Gasteiger charge is -2.25. The zero-order valence-corrected chi connectivity index (χ0v) is 11.6. The van der Waals surface area contributed by atoms with Crippen molar-refractivity contribution >= 4 is 28.8 Å². The zero-order chi connectivity index (χ0) is 12.5. The summed E-state index contributed by atoms with van der Waals surface area (Å²) in [6, 6.07) is 0. The number of likely N-dealkylation sites (tertiary alicyclic amines) is 1. The van der Waals surface area contributed by atoms with E-state index in [4.69, 9.17) is 11.6 Å². The molecule has 2 rings (SSSR count). The molecule has 0 bridgehead atoms. The number of amides is 1. The fraction of sp³-hybridized carbons (Fsp3) is 0.727. The number of carbonyl (C=O) groups is 1. The summed E-state index contributed by atoms with van der Waals surface area (Å²) in [4.78, 5) is 14.0. The van der Waals surface area contributed by atoms with E-state index in [2.05, 4.69) is 24.0 Å². The summed E-state index contributed by atoms with van der Waals surface area (Å²) in [6.45, 7) is 6.03. The number of hydrogen-bond donors (Lipinski definition) is 0. The number of rotatable bonds is 3. The first-order valence-corrected chi connectivity index (χ1v) is 7.08. The Morgan fingerprint density at radius 3 is 2.65 bits per heavy atom. The highest BCUT2D eigenvalue weighted by molar-refractivity contribution is 7.17. The van der Waals surface area contributed by atoms with E-state index >= 15 is 0 Å². The third-order valence-corrected chi connectivity index (χ3v) is 4.82. The van der Waals surface area contributed by atoms with Crippen molar-refractivity contribution in [3.05, 3.63) is 9.47 Å². The van der Waals surface area contributed by atoms with Crippen molar-refractivity contribution < 1.29 is 4.79 Å². The second kappa shape index (κ2) is 4.90. The van der Waals surface area contributed by atoms with Crippen molar-refractivity contribution in [1.29, 1.82) is 0 Å². The molecule has 1 fully saturated rings. The highest BCUT2D eigenvalue weighted by Gasteiger charge is 2.38. The van der Waals surface area contributed by atoms with Crippen LogP contribution in [0.15, 0.2) is 0 Å². The van der Waals surface area contributed by atoms with Crippen molar-refractivity contribution in [3.63, 3.8) is 0 Å². The Kier molecular flexibility index (Phi) is 3.68. The average molecular weight is 274 g/mol. The van der Waals surface area contributed by atoms with E-state index in [-0.39, 0.29) is 5.91 Å². The fourth-order valence-electron chi connectivity index (χ4n) is 2.36. The average Bonchev–Trinajstić information content (AvgIpc) is 2.95. The molecular formula is C11H16ClN3OS. The summed E-state index contributed by atoms with van der Waals surface area (Å²) in [5.74, 6) is -0.0295. The fourth-order valence-corrected chi connectivity index (χ4v) is 3.16. The Labute approximate surface area is 110 Å². The lowest BCUT2D eigenvalue weighted by Crippen LogP contribution is -2.31. The second-order valence-electron chi connectivity index (χ2n) is 4.54. The van der Waals surface area contributed by atoms with E-state index in [9.17, 15) is 4.79 Å². The zero-order valence-electron chi connectivity index (χ0n) is 10.1. The molecule has 0 saturated carbocycles. The van der Waals surface area contributed by atoms with E-state index in [1.54, 1.807) is 0 Å². The summed E-state index contributed by atoms with van der Waals surface area (Å²) >= 11 is 6.85. The number of aromatic nitrogens is 2. The van der Waals surface area contributed by atoms with Gasteiger partial charge in [-0.1, -0.05) is 25.2 Å². The van der Waals surface area contributed by atoms with Gasteiger partial charge < -0.3 is 4.90 Å². The third kappa shape index (κ3) is 2.45. The van der Waals surface area contributed by atoms with Gasteiger partial charge in [0.1, 0.15) is 0 Å². The predicted octanol–water partition coefficient (Wildman–Crippen LogP) is 2.84. The quantitative estimate of drug-likeness (QED) is 0.851. The first-order chi connectivity index (χ1) is 8.10. The molecule has 2 heterocycles. The van der Waals surface area contributed by atoms with E-state index < -0.39 is 0 Å². The molecular weight excluding hydrogens is 258 g/mol. The van der Waals surface area contributed by atoms with Crippen LogP contribution in [0.5, 0.6) is 0 Å². The van der Waals surface area contributed by atoms with E-state index in [1.807, 2.05) is 4.90 Å². The van der Waals surface area contributed by atoms with Crippen LogP contribution in [0, 0.1) is 5.41 Å². The minimum atomic E-state index is -0.0295. The summed E-state index contributed by atoms with van der Waals surface area (Å²) < 4.78 is 0.324. The van der Waals surface area contributed by atoms with Crippen LogP contribution >= 0.6 is 22.9 Å². The van der Waals surface area contributed by atoms with Gasteiger partial charge in [-0.15, -0.1) is 10.2 Å². The molecule has 1 aromatic rings. The van der Waals surface area contributed by atoms with Gasteiger partial charge in [-0.3, -0.25) is 4.79 Å². The topological polar surface area (TPSA) is 46.1 Å². The lowest BCUT2D eigenvalue weighted by atomic mass is 9.82. The maximum Gasteiger partial charge on any atom is 0.284 e. The van der Waals surface area contributed by atoms with Crippen LogP contribution in [-0.2, 0) is 0 Å². The summed E-state index contributed by atoms with van der Waals surface area (Å²) in [7, 11) is 0. The lowest BCUT2D eigenvalue weighted by molar-refractivity contribution is 0.0768. The molecule has 0 radical (unpaired) electrons. The highest BCUT2D eigenvalue weighted by atomic mass is 35.5. The van der Waals surface area contributed by atoms with Crippen LogP contribution < -0.4 is 0 Å². The molecule has 1 aliphatic heterocycles. The van der Waals surface area contributed by atoms with Crippen LogP contribution in [0.2, 0.25) is 4.47 Å². The smallest absolute Gasteiger partial charge is 0.284 e. The maximum absolute atomic E-state index is 12.2. The Balaban J connectivity index is 2.08. The molecule has 1 saturated heterocycles. The first kappa shape index (κ1) is 12.8. The van der Waals surface area contributed by atoms with Crippen LogP contribution in [0.4, 0.5) is 0 Å². The van der Waals surface area contributed by atoms with Gasteiger partial charge in [0.25, 0.3) is 5.91 Å². The third-order valence-electron chi connectivity index (χ3n) is 3.81. The van der Waals surface area contributed by atoms with Crippen molar-refractivity contribution in [2.24, 2.45) is 5.41 Å². The largest absolute Gasteiger partial charge is 0.336 e. The molecule has 94 valence electrons. The summed E-state index contributed by atoms with van der Waals surface area (Å²) in [5.41, 5.74) is 0.296. The van der Waals surface area contributed by atoms with Crippen molar-refractivity contribution in [2.75, 3.05) is 13.1 Å². The van der Waals surface area contributed by atoms with Crippen molar-refractivity contribution in [1.82, 2.24) is 15.1 Å². The number of carbonyl (C=O) groups excluding carboxylic acids is 1. The van der Waals surface area contributed by atoms with Crippen LogP contribution in [0.3, 0.4) is 0 Å². The molecule has 1 amide bonds. The molecule has 0 aromatic carbocycles. The SMILES string of the molecule is CCC1(CC)CCN(C(=O)c2nnc(Cl)s2)C1. The van der Waals surface area contributed by atoms with Crippen molar-refractivity contribution in [3.8, 4) is 0 Å². The second-order valence-corrected chi connectivity index (χ2v) is 6.10. The van der Waals surface area contributed by atoms with Gasteiger partial charge in [0.05, 0.1) is 0 Å². The number of nitrogens with zero attached hydrogens (tertiary/aromatic N) is 3. The monoisotopic (exact) mass is 273 g/mol. The van der Waals surface area contributed by atoms with Gasteiger partial charge in [-0.2, -0.15) is 0 Å². The van der Waals surface area contributed by atoms with Gasteiger partial charge in [-0.05, 0) is 36.3 Å². The van der Waals surface area contributed by atoms with Gasteiger partial charge >= 0.3 is 0 Å². The standard InChI is InChI=1S/C11H16ClN3OS/c1-3-11(4-2)5-6-15(7-11)9(16)8-13-14-10(12)17-8/h3-7H2,1-2H3. The molecule has 0 atom stereocenters. The van der Waals surface area contributed by atoms with Gasteiger partial charge in [0, 0.05) is 13.1 Å². The Morgan fingerprint density at radius 2 is 2.18 bits per heavy atom. The van der Waals surface area contributed by atoms with Crippen LogP contribution in [-0.4, -0.2) is 34.1 Å². The van der Waals surface area contributed by atoms with Crippen LogP contribution in [0.25, 0.3) is 0 Å². The summed E-state index contributed by atoms with van der Waals surface area (Å²) in [5, 5.41) is 7.88. The summed E-state index contributed by atoms with van der Waals surface area (Å²) in [6.07, 6.45) is 3.31. The maximum atomic E-state index is 12.2. The predicted molar refractivity (Wildman–Crippen MR) is 68.5 cm³/mol. The Bertz CT molecular complexity index is 417. The number of hydrogen-bond acceptors (Lipinski definition) is 4. The minimum absolute atomic E-state index is 0.0295. The molecule has 4 nitrogen and oxygen atoms in total. The van der Waals surface area contributed by atoms with Gasteiger partial charge in [0.15, 0.2) is 0 Å². The molecule has 17 heavy (non-hydrogen) atoms. The van der Waals surface area contributed by atoms with E-state index in [1.165, 1.54) is 0 Å². The van der Waals surface area contributed by atoms with Crippen LogP contribution in [0.1, 0.15) is 42.9 Å². The van der Waals surface area contributed by atoms with E-state index in [0.29, 0.717) is 14.9 Å². The molecule has 1 aromatic heterocycles. The molecule has 0 aliphatic carbocycles. The Morgan fingerprint density at radius 1 is 1.47 bits per heavy atom.